The van der Waals surface area contributed by atoms with Gasteiger partial charge in [0.1, 0.15) is 23.1 Å². The molecule has 11 heteroatoms. The molecule has 2 heterocycles. The molecule has 1 saturated heterocycles. The van der Waals surface area contributed by atoms with Crippen LogP contribution in [0.25, 0.3) is 0 Å². The van der Waals surface area contributed by atoms with E-state index in [1.54, 1.807) is 0 Å². The third-order valence-corrected chi connectivity index (χ3v) is 8.26. The number of nitrogens with zero attached hydrogens (tertiary/aromatic N) is 1. The maximum Gasteiger partial charge on any atom is 0.237 e. The van der Waals surface area contributed by atoms with Crippen LogP contribution in [0, 0.1) is 17.0 Å². The molecular formula is C28H32Cl2F2N2O5. The fourth-order valence-corrected chi connectivity index (χ4v) is 6.41. The Balaban J connectivity index is 1.96. The number of aliphatic hydroxyl groups is 2. The molecule has 2 aliphatic rings. The first-order valence-electron chi connectivity index (χ1n) is 12.8. The van der Waals surface area contributed by atoms with Crippen LogP contribution in [0.1, 0.15) is 63.5 Å². The molecule has 39 heavy (non-hydrogen) atoms. The Bertz CT molecular complexity index is 1290. The second kappa shape index (κ2) is 11.0. The van der Waals surface area contributed by atoms with Crippen LogP contribution in [0.4, 0.5) is 14.5 Å². The SMILES string of the molecule is CC(C)(C)C[C@H]1N(O)[C@@H](C(=O)CCC[C@H](O)CO)[C@H](c2ccc(F)c(Cl)c2)[C@@]12C(=O)Nc1cc(Cl)c(F)cc12. The van der Waals surface area contributed by atoms with E-state index in [9.17, 15) is 28.7 Å². The number of amides is 1. The number of carbonyl (C=O) groups excluding carboxylic acids is 2. The van der Waals surface area contributed by atoms with Crippen molar-refractivity contribution in [2.45, 2.75) is 76.0 Å². The highest BCUT2D eigenvalue weighted by atomic mass is 35.5. The average Bonchev–Trinajstić information content (AvgIpc) is 3.26. The Kier molecular flexibility index (Phi) is 8.44. The summed E-state index contributed by atoms with van der Waals surface area (Å²) < 4.78 is 29.2. The summed E-state index contributed by atoms with van der Waals surface area (Å²) >= 11 is 12.2. The van der Waals surface area contributed by atoms with Crippen LogP contribution in [-0.2, 0) is 15.0 Å². The first-order valence-corrected chi connectivity index (χ1v) is 13.5. The van der Waals surface area contributed by atoms with Crippen molar-refractivity contribution in [3.63, 3.8) is 0 Å². The van der Waals surface area contributed by atoms with Crippen LogP contribution in [-0.4, -0.2) is 57.0 Å². The van der Waals surface area contributed by atoms with Crippen molar-refractivity contribution in [1.29, 1.82) is 0 Å². The van der Waals surface area contributed by atoms with E-state index in [1.807, 2.05) is 20.8 Å². The van der Waals surface area contributed by atoms with Crippen LogP contribution in [0.2, 0.25) is 10.0 Å². The fraction of sp³-hybridized carbons (Fsp3) is 0.500. The number of benzene rings is 2. The van der Waals surface area contributed by atoms with Gasteiger partial charge >= 0.3 is 0 Å². The van der Waals surface area contributed by atoms with Gasteiger partial charge in [-0.2, -0.15) is 5.06 Å². The second-order valence-corrected chi connectivity index (χ2v) is 12.4. The van der Waals surface area contributed by atoms with Crippen LogP contribution in [0.15, 0.2) is 30.3 Å². The predicted octanol–water partition coefficient (Wildman–Crippen LogP) is 5.22. The molecule has 4 N–H and O–H groups in total. The molecule has 2 aromatic carbocycles. The molecular weight excluding hydrogens is 553 g/mol. The summed E-state index contributed by atoms with van der Waals surface area (Å²) in [4.78, 5) is 27.8. The van der Waals surface area contributed by atoms with Crippen LogP contribution in [0.5, 0.6) is 0 Å². The zero-order chi connectivity index (χ0) is 28.9. The number of Topliss-reactive ketones (excluding diaryl/α,β-unsaturated/α-hetero) is 1. The zero-order valence-electron chi connectivity index (χ0n) is 21.8. The molecule has 1 spiro atoms. The number of hydroxylamine groups is 2. The third-order valence-electron chi connectivity index (χ3n) is 7.68. The Morgan fingerprint density at radius 3 is 2.44 bits per heavy atom. The lowest BCUT2D eigenvalue weighted by molar-refractivity contribution is -0.163. The smallest absolute Gasteiger partial charge is 0.237 e. The van der Waals surface area contributed by atoms with Crippen molar-refractivity contribution in [3.05, 3.63) is 63.1 Å². The Hall–Kier alpha value is -2.14. The largest absolute Gasteiger partial charge is 0.394 e. The summed E-state index contributed by atoms with van der Waals surface area (Å²) in [6.45, 7) is 5.29. The number of anilines is 1. The maximum absolute atomic E-state index is 14.9. The van der Waals surface area contributed by atoms with Gasteiger partial charge in [-0.3, -0.25) is 9.59 Å². The lowest BCUT2D eigenvalue weighted by Crippen LogP contribution is -2.50. The van der Waals surface area contributed by atoms with E-state index < -0.39 is 64.9 Å². The third kappa shape index (κ3) is 5.33. The van der Waals surface area contributed by atoms with Crippen LogP contribution in [0.3, 0.4) is 0 Å². The van der Waals surface area contributed by atoms with Gasteiger partial charge in [-0.1, -0.05) is 50.0 Å². The minimum absolute atomic E-state index is 0.0774. The number of fused-ring (bicyclic) bond motifs is 2. The zero-order valence-corrected chi connectivity index (χ0v) is 23.4. The lowest BCUT2D eigenvalue weighted by atomic mass is 9.62. The summed E-state index contributed by atoms with van der Waals surface area (Å²) in [6.07, 6.45) is -0.480. The van der Waals surface area contributed by atoms with E-state index in [0.29, 0.717) is 5.56 Å². The lowest BCUT2D eigenvalue weighted by Gasteiger charge is -2.38. The quantitative estimate of drug-likeness (QED) is 0.339. The molecule has 0 unspecified atom stereocenters. The van der Waals surface area contributed by atoms with E-state index in [1.165, 1.54) is 18.2 Å². The van der Waals surface area contributed by atoms with Crippen molar-refractivity contribution in [1.82, 2.24) is 5.06 Å². The molecule has 2 aliphatic heterocycles. The van der Waals surface area contributed by atoms with Crippen molar-refractivity contribution in [2.24, 2.45) is 5.41 Å². The first kappa shape index (κ1) is 29.8. The average molecular weight is 585 g/mol. The second-order valence-electron chi connectivity index (χ2n) is 11.6. The molecule has 0 aliphatic carbocycles. The van der Waals surface area contributed by atoms with Gasteiger partial charge in [-0.15, -0.1) is 0 Å². The summed E-state index contributed by atoms with van der Waals surface area (Å²) in [6, 6.07) is 4.06. The maximum atomic E-state index is 14.9. The molecule has 0 bridgehead atoms. The Morgan fingerprint density at radius 2 is 1.82 bits per heavy atom. The monoisotopic (exact) mass is 584 g/mol. The molecule has 0 aromatic heterocycles. The molecule has 1 amide bonds. The summed E-state index contributed by atoms with van der Waals surface area (Å²) in [5, 5.41) is 33.8. The van der Waals surface area contributed by atoms with Gasteiger partial charge in [0.15, 0.2) is 5.78 Å². The van der Waals surface area contributed by atoms with E-state index in [-0.39, 0.29) is 47.0 Å². The highest BCUT2D eigenvalue weighted by Crippen LogP contribution is 2.60. The normalized spacial score (nSPS) is 25.7. The number of hydrogen-bond acceptors (Lipinski definition) is 6. The van der Waals surface area contributed by atoms with E-state index in [0.717, 1.165) is 17.2 Å². The van der Waals surface area contributed by atoms with Gasteiger partial charge in [-0.05, 0) is 60.1 Å². The number of carbonyl (C=O) groups is 2. The van der Waals surface area contributed by atoms with Crippen molar-refractivity contribution in [3.8, 4) is 0 Å². The number of ketones is 1. The number of rotatable bonds is 8. The number of aliphatic hydroxyl groups excluding tert-OH is 2. The van der Waals surface area contributed by atoms with Gasteiger partial charge in [0.25, 0.3) is 0 Å². The molecule has 4 rings (SSSR count). The van der Waals surface area contributed by atoms with E-state index >= 15 is 0 Å². The van der Waals surface area contributed by atoms with Crippen molar-refractivity contribution < 1.29 is 33.8 Å². The highest BCUT2D eigenvalue weighted by Gasteiger charge is 2.69. The van der Waals surface area contributed by atoms with Crippen LogP contribution < -0.4 is 5.32 Å². The van der Waals surface area contributed by atoms with E-state index in [2.05, 4.69) is 5.32 Å². The number of hydrogen-bond donors (Lipinski definition) is 4. The minimum Gasteiger partial charge on any atom is -0.394 e. The van der Waals surface area contributed by atoms with Gasteiger partial charge in [0.2, 0.25) is 5.91 Å². The summed E-state index contributed by atoms with van der Waals surface area (Å²) in [5.74, 6) is -3.53. The molecule has 7 nitrogen and oxygen atoms in total. The highest BCUT2D eigenvalue weighted by molar-refractivity contribution is 6.31. The number of halogens is 4. The van der Waals surface area contributed by atoms with Gasteiger partial charge in [0.05, 0.1) is 28.8 Å². The Morgan fingerprint density at radius 1 is 1.15 bits per heavy atom. The van der Waals surface area contributed by atoms with E-state index in [4.69, 9.17) is 28.3 Å². The van der Waals surface area contributed by atoms with Gasteiger partial charge in [0, 0.05) is 18.0 Å². The van der Waals surface area contributed by atoms with Crippen molar-refractivity contribution in [2.75, 3.05) is 11.9 Å². The predicted molar refractivity (Wildman–Crippen MR) is 143 cm³/mol. The van der Waals surface area contributed by atoms with Crippen molar-refractivity contribution >= 4 is 40.6 Å². The molecule has 0 radical (unpaired) electrons. The topological polar surface area (TPSA) is 110 Å². The van der Waals surface area contributed by atoms with Gasteiger partial charge in [-0.25, -0.2) is 8.78 Å². The molecule has 212 valence electrons. The molecule has 0 saturated carbocycles. The first-order chi connectivity index (χ1) is 18.2. The summed E-state index contributed by atoms with van der Waals surface area (Å²) in [7, 11) is 0. The minimum atomic E-state index is -1.66. The van der Waals surface area contributed by atoms with Crippen LogP contribution >= 0.6 is 23.2 Å². The van der Waals surface area contributed by atoms with Gasteiger partial charge < -0.3 is 20.7 Å². The molecule has 2 aromatic rings. The fourth-order valence-electron chi connectivity index (χ4n) is 6.06. The number of nitrogens with one attached hydrogen (secondary N) is 1. The molecule has 5 atom stereocenters. The Labute approximate surface area is 235 Å². The molecule has 1 fully saturated rings. The summed E-state index contributed by atoms with van der Waals surface area (Å²) in [5.41, 5.74) is -1.28. The standard InChI is InChI=1S/C28H32Cl2F2N2O5/c1-27(2,3)12-23-28(16-10-20(32)18(30)11-21(16)33-26(28)38)24(14-7-8-19(31)17(29)9-14)25(34(23)39)22(37)6-4-5-15(36)13-35/h7-11,15,23-25,35-36,39H,4-6,12-13H2,1-3H3,(H,33,38)/t15-,23+,24-,25-,28-/m0/s1.